The van der Waals surface area contributed by atoms with Crippen LogP contribution >= 0.6 is 0 Å². The summed E-state index contributed by atoms with van der Waals surface area (Å²) in [7, 11) is -3.46. The van der Waals surface area contributed by atoms with E-state index in [9.17, 15) is 13.2 Å². The predicted octanol–water partition coefficient (Wildman–Crippen LogP) is 3.79. The molecule has 6 nitrogen and oxygen atoms in total. The second kappa shape index (κ2) is 9.22. The lowest BCUT2D eigenvalue weighted by Crippen LogP contribution is -2.25. The summed E-state index contributed by atoms with van der Waals surface area (Å²) in [5.41, 5.74) is 4.35. The maximum atomic E-state index is 12.5. The number of aryl methyl sites for hydroxylation is 1. The molecule has 2 heterocycles. The van der Waals surface area contributed by atoms with Crippen molar-refractivity contribution in [3.8, 4) is 0 Å². The summed E-state index contributed by atoms with van der Waals surface area (Å²) < 4.78 is 24.7. The van der Waals surface area contributed by atoms with Crippen LogP contribution in [-0.2, 0) is 16.3 Å². The van der Waals surface area contributed by atoms with Crippen LogP contribution in [0.3, 0.4) is 0 Å². The van der Waals surface area contributed by atoms with E-state index in [1.807, 2.05) is 32.1 Å². The Bertz CT molecular complexity index is 1290. The van der Waals surface area contributed by atoms with Crippen LogP contribution < -0.4 is 5.32 Å². The quantitative estimate of drug-likeness (QED) is 0.570. The van der Waals surface area contributed by atoms with Gasteiger partial charge in [0, 0.05) is 48.3 Å². The van der Waals surface area contributed by atoms with Crippen LogP contribution in [0, 0.1) is 6.92 Å². The van der Waals surface area contributed by atoms with Crippen molar-refractivity contribution in [2.24, 2.45) is 0 Å². The molecule has 0 saturated heterocycles. The minimum atomic E-state index is -3.46. The number of hydrogen-bond acceptors (Lipinski definition) is 5. The Labute approximate surface area is 182 Å². The number of hydrogen-bond donors (Lipinski definition) is 1. The Kier molecular flexibility index (Phi) is 6.65. The van der Waals surface area contributed by atoms with Crippen LogP contribution in [0.25, 0.3) is 10.9 Å². The van der Waals surface area contributed by atoms with E-state index in [0.29, 0.717) is 29.7 Å². The van der Waals surface area contributed by atoms with Gasteiger partial charge in [0.1, 0.15) is 0 Å². The summed E-state index contributed by atoms with van der Waals surface area (Å²) in [5, 5.41) is 3.62. The third-order valence-electron chi connectivity index (χ3n) is 4.74. The first kappa shape index (κ1) is 22.4. The monoisotopic (exact) mass is 435 g/mol. The maximum Gasteiger partial charge on any atom is 0.251 e. The molecular formula is C24H25N3O3S. The van der Waals surface area contributed by atoms with Crippen LogP contribution in [0.4, 0.5) is 0 Å². The van der Waals surface area contributed by atoms with Crippen LogP contribution in [0.5, 0.6) is 0 Å². The van der Waals surface area contributed by atoms with Gasteiger partial charge in [0.2, 0.25) is 0 Å². The molecule has 0 unspecified atom stereocenters. The molecule has 1 aromatic carbocycles. The van der Waals surface area contributed by atoms with Gasteiger partial charge in [0.25, 0.3) is 5.91 Å². The fourth-order valence-corrected chi connectivity index (χ4v) is 4.16. The van der Waals surface area contributed by atoms with E-state index in [0.717, 1.165) is 22.1 Å². The fraction of sp³-hybridized carbons (Fsp3) is 0.208. The molecule has 0 aliphatic carbocycles. The molecule has 3 rings (SSSR count). The number of amides is 1. The molecule has 0 bridgehead atoms. The smallest absolute Gasteiger partial charge is 0.251 e. The van der Waals surface area contributed by atoms with Crippen LogP contribution in [0.2, 0.25) is 0 Å². The largest absolute Gasteiger partial charge is 0.348 e. The molecule has 3 aromatic rings. The van der Waals surface area contributed by atoms with E-state index >= 15 is 0 Å². The molecule has 0 aliphatic rings. The highest BCUT2D eigenvalue weighted by Crippen LogP contribution is 2.25. The number of allylic oxidation sites excluding steroid dienone is 2. The highest BCUT2D eigenvalue weighted by Gasteiger charge is 2.16. The number of carbonyl (C=O) groups is 1. The number of benzene rings is 1. The summed E-state index contributed by atoms with van der Waals surface area (Å²) in [6.45, 7) is 7.90. The molecule has 31 heavy (non-hydrogen) atoms. The lowest BCUT2D eigenvalue weighted by molar-refractivity contribution is 0.0956. The summed E-state index contributed by atoms with van der Waals surface area (Å²) in [6, 6.07) is 8.85. The van der Waals surface area contributed by atoms with Crippen molar-refractivity contribution in [1.29, 1.82) is 0 Å². The van der Waals surface area contributed by atoms with E-state index < -0.39 is 9.84 Å². The van der Waals surface area contributed by atoms with E-state index in [4.69, 9.17) is 0 Å². The van der Waals surface area contributed by atoms with E-state index in [1.54, 1.807) is 36.7 Å². The van der Waals surface area contributed by atoms with Crippen molar-refractivity contribution in [2.75, 3.05) is 12.8 Å². The molecular weight excluding hydrogens is 410 g/mol. The van der Waals surface area contributed by atoms with Gasteiger partial charge < -0.3 is 5.32 Å². The standard InChI is InChI=1S/C24H25N3O3S/c1-5-6-16(2)14-27-24(28)19-7-8-25-21(13-19)11-18-10-20-9-17(3)15-26-23(20)22(12-18)31(4,29)30/h5-10,12-13,15H,1,11,14H2,2-4H3,(H,27,28)/b16-6+. The topological polar surface area (TPSA) is 89.0 Å². The number of nitrogens with zero attached hydrogens (tertiary/aromatic N) is 2. The summed E-state index contributed by atoms with van der Waals surface area (Å²) in [5.74, 6) is -0.198. The summed E-state index contributed by atoms with van der Waals surface area (Å²) >= 11 is 0. The van der Waals surface area contributed by atoms with Gasteiger partial charge >= 0.3 is 0 Å². The van der Waals surface area contributed by atoms with Gasteiger partial charge in [-0.05, 0) is 55.3 Å². The molecule has 7 heteroatoms. The number of fused-ring (bicyclic) bond motifs is 1. The first-order chi connectivity index (χ1) is 14.7. The zero-order valence-electron chi connectivity index (χ0n) is 17.8. The van der Waals surface area contributed by atoms with Crippen LogP contribution in [0.1, 0.15) is 34.1 Å². The maximum absolute atomic E-state index is 12.5. The van der Waals surface area contributed by atoms with Gasteiger partial charge in [-0.25, -0.2) is 8.42 Å². The van der Waals surface area contributed by atoms with Crippen molar-refractivity contribution in [1.82, 2.24) is 15.3 Å². The van der Waals surface area contributed by atoms with Crippen molar-refractivity contribution >= 4 is 26.6 Å². The minimum Gasteiger partial charge on any atom is -0.348 e. The second-order valence-electron chi connectivity index (χ2n) is 7.59. The number of pyridine rings is 2. The second-order valence-corrected chi connectivity index (χ2v) is 9.58. The first-order valence-electron chi connectivity index (χ1n) is 9.78. The summed E-state index contributed by atoms with van der Waals surface area (Å²) in [4.78, 5) is 21.4. The van der Waals surface area contributed by atoms with Crippen LogP contribution in [0.15, 0.2) is 71.9 Å². The molecule has 0 fully saturated rings. The molecule has 0 aliphatic heterocycles. The number of carbonyl (C=O) groups excluding carboxylic acids is 1. The van der Waals surface area contributed by atoms with Crippen molar-refractivity contribution in [3.05, 3.63) is 89.4 Å². The third kappa shape index (κ3) is 5.64. The molecule has 0 spiro atoms. The van der Waals surface area contributed by atoms with Crippen molar-refractivity contribution < 1.29 is 13.2 Å². The minimum absolute atomic E-state index is 0.193. The molecule has 1 N–H and O–H groups in total. The number of aromatic nitrogens is 2. The zero-order valence-corrected chi connectivity index (χ0v) is 18.7. The van der Waals surface area contributed by atoms with Gasteiger partial charge in [-0.3, -0.25) is 14.8 Å². The third-order valence-corrected chi connectivity index (χ3v) is 5.85. The lowest BCUT2D eigenvalue weighted by Gasteiger charge is -2.10. The first-order valence-corrected chi connectivity index (χ1v) is 11.7. The number of nitrogens with one attached hydrogen (secondary N) is 1. The molecule has 160 valence electrons. The molecule has 0 saturated carbocycles. The zero-order chi connectivity index (χ0) is 22.6. The Morgan fingerprint density at radius 1 is 1.19 bits per heavy atom. The van der Waals surface area contributed by atoms with Crippen molar-refractivity contribution in [2.45, 2.75) is 25.2 Å². The Morgan fingerprint density at radius 2 is 1.97 bits per heavy atom. The molecule has 0 atom stereocenters. The van der Waals surface area contributed by atoms with Gasteiger partial charge in [0.15, 0.2) is 9.84 Å². The molecule has 0 radical (unpaired) electrons. The van der Waals surface area contributed by atoms with Gasteiger partial charge in [-0.2, -0.15) is 0 Å². The fourth-order valence-electron chi connectivity index (χ4n) is 3.28. The highest BCUT2D eigenvalue weighted by molar-refractivity contribution is 7.91. The Hall–Kier alpha value is -3.32. The van der Waals surface area contributed by atoms with Gasteiger partial charge in [0.05, 0.1) is 10.4 Å². The van der Waals surface area contributed by atoms with E-state index in [2.05, 4.69) is 21.9 Å². The van der Waals surface area contributed by atoms with E-state index in [1.165, 1.54) is 6.26 Å². The number of sulfone groups is 1. The van der Waals surface area contributed by atoms with Crippen molar-refractivity contribution in [3.63, 3.8) is 0 Å². The highest BCUT2D eigenvalue weighted by atomic mass is 32.2. The SMILES string of the molecule is C=C/C=C(\C)CNC(=O)c1ccnc(Cc2cc(S(C)(=O)=O)c3ncc(C)cc3c2)c1. The molecule has 1 amide bonds. The average Bonchev–Trinajstić information content (AvgIpc) is 2.71. The van der Waals surface area contributed by atoms with E-state index in [-0.39, 0.29) is 10.8 Å². The van der Waals surface area contributed by atoms with Gasteiger partial charge in [-0.15, -0.1) is 0 Å². The van der Waals surface area contributed by atoms with Gasteiger partial charge in [-0.1, -0.05) is 24.3 Å². The normalized spacial score (nSPS) is 12.0. The summed E-state index contributed by atoms with van der Waals surface area (Å²) in [6.07, 6.45) is 8.33. The Balaban J connectivity index is 1.91. The average molecular weight is 436 g/mol. The predicted molar refractivity (Wildman–Crippen MR) is 123 cm³/mol. The number of rotatable bonds is 7. The Morgan fingerprint density at radius 3 is 2.68 bits per heavy atom. The van der Waals surface area contributed by atoms with Crippen LogP contribution in [-0.4, -0.2) is 37.1 Å². The molecule has 2 aromatic heterocycles. The lowest BCUT2D eigenvalue weighted by atomic mass is 10.0.